The zero-order valence-electron chi connectivity index (χ0n) is 18.0. The number of carbonyl (C=O) groups is 1. The number of hydrogen-bond donors (Lipinski definition) is 0. The zero-order chi connectivity index (χ0) is 22.3. The Bertz CT molecular complexity index is 1180. The van der Waals surface area contributed by atoms with Crippen molar-refractivity contribution in [3.05, 3.63) is 41.0 Å². The Balaban J connectivity index is 1.76. The molecule has 162 valence electrons. The lowest BCUT2D eigenvalue weighted by molar-refractivity contribution is -0.135. The molecule has 0 spiro atoms. The summed E-state index contributed by atoms with van der Waals surface area (Å²) in [5.41, 5.74) is 2.21. The van der Waals surface area contributed by atoms with Gasteiger partial charge in [0.2, 0.25) is 23.4 Å². The molecule has 1 atom stereocenters. The predicted octanol–water partition coefficient (Wildman–Crippen LogP) is 2.01. The molecule has 0 saturated carbocycles. The average molecular weight is 426 g/mol. The van der Waals surface area contributed by atoms with Crippen LogP contribution >= 0.6 is 0 Å². The molecule has 0 aliphatic carbocycles. The summed E-state index contributed by atoms with van der Waals surface area (Å²) in [6.07, 6.45) is -0.937. The third-order valence-electron chi connectivity index (χ3n) is 4.73. The fraction of sp³-hybridized carbons (Fsp3) is 0.350. The average Bonchev–Trinajstić information content (AvgIpc) is 3.37. The van der Waals surface area contributed by atoms with Crippen LogP contribution in [0.5, 0.6) is 17.2 Å². The van der Waals surface area contributed by atoms with Crippen molar-refractivity contribution in [2.24, 2.45) is 5.10 Å². The molecule has 1 aliphatic heterocycles. The van der Waals surface area contributed by atoms with Gasteiger partial charge in [-0.25, -0.2) is 9.50 Å². The Hall–Kier alpha value is -3.89. The standard InChI is InChI=1S/C20H22N6O5/c1-10-7-11(2)25-20(21-10)22-17(23-25)19-26(12(3)27)24-18(31-19)13-8-14(28-4)16(30-6)15(9-13)29-5/h7-9,19H,1-6H3/t19-/m0/s1. The Kier molecular flexibility index (Phi) is 5.09. The van der Waals surface area contributed by atoms with Crippen molar-refractivity contribution in [1.82, 2.24) is 24.6 Å². The van der Waals surface area contributed by atoms with Gasteiger partial charge in [0.25, 0.3) is 12.0 Å². The summed E-state index contributed by atoms with van der Waals surface area (Å²) in [4.78, 5) is 21.1. The molecule has 3 heterocycles. The molecule has 0 radical (unpaired) electrons. The van der Waals surface area contributed by atoms with Crippen LogP contribution in [0.15, 0.2) is 23.3 Å². The number of methoxy groups -OCH3 is 3. The van der Waals surface area contributed by atoms with Gasteiger partial charge in [0.05, 0.1) is 21.3 Å². The van der Waals surface area contributed by atoms with Crippen molar-refractivity contribution in [3.8, 4) is 17.2 Å². The molecular weight excluding hydrogens is 404 g/mol. The van der Waals surface area contributed by atoms with E-state index < -0.39 is 6.23 Å². The number of hydrazone groups is 1. The molecular formula is C20H22N6O5. The number of carbonyl (C=O) groups excluding carboxylic acids is 1. The highest BCUT2D eigenvalue weighted by Gasteiger charge is 2.37. The normalized spacial score (nSPS) is 15.6. The zero-order valence-corrected chi connectivity index (χ0v) is 18.0. The number of benzene rings is 1. The van der Waals surface area contributed by atoms with Gasteiger partial charge in [-0.3, -0.25) is 4.79 Å². The van der Waals surface area contributed by atoms with E-state index in [0.717, 1.165) is 11.4 Å². The molecule has 1 amide bonds. The Labute approximate surface area is 178 Å². The van der Waals surface area contributed by atoms with E-state index in [9.17, 15) is 4.79 Å². The van der Waals surface area contributed by atoms with E-state index in [-0.39, 0.29) is 17.6 Å². The molecule has 2 aromatic heterocycles. The van der Waals surface area contributed by atoms with Crippen molar-refractivity contribution < 1.29 is 23.7 Å². The second kappa shape index (κ2) is 7.74. The number of ether oxygens (including phenoxy) is 4. The first-order valence-electron chi connectivity index (χ1n) is 9.42. The first-order chi connectivity index (χ1) is 14.9. The second-order valence-corrected chi connectivity index (χ2v) is 6.87. The van der Waals surface area contributed by atoms with Crippen LogP contribution in [0.4, 0.5) is 0 Å². The summed E-state index contributed by atoms with van der Waals surface area (Å²) in [5.74, 6) is 1.85. The molecule has 0 fully saturated rings. The lowest BCUT2D eigenvalue weighted by Crippen LogP contribution is -2.26. The number of aryl methyl sites for hydroxylation is 2. The fourth-order valence-corrected chi connectivity index (χ4v) is 3.34. The quantitative estimate of drug-likeness (QED) is 0.609. The van der Waals surface area contributed by atoms with Crippen molar-refractivity contribution in [2.45, 2.75) is 27.0 Å². The van der Waals surface area contributed by atoms with E-state index in [1.807, 2.05) is 19.9 Å². The van der Waals surface area contributed by atoms with Gasteiger partial charge in [-0.1, -0.05) is 0 Å². The van der Waals surface area contributed by atoms with Crippen LogP contribution in [0.3, 0.4) is 0 Å². The highest BCUT2D eigenvalue weighted by molar-refractivity contribution is 5.97. The summed E-state index contributed by atoms with van der Waals surface area (Å²) in [7, 11) is 4.55. The summed E-state index contributed by atoms with van der Waals surface area (Å²) in [5, 5.41) is 10.0. The first-order valence-corrected chi connectivity index (χ1v) is 9.42. The predicted molar refractivity (Wildman–Crippen MR) is 109 cm³/mol. The second-order valence-electron chi connectivity index (χ2n) is 6.87. The van der Waals surface area contributed by atoms with Crippen LogP contribution < -0.4 is 14.2 Å². The number of hydrogen-bond acceptors (Lipinski definition) is 9. The van der Waals surface area contributed by atoms with Gasteiger partial charge in [-0.05, 0) is 32.0 Å². The van der Waals surface area contributed by atoms with Crippen molar-refractivity contribution >= 4 is 17.6 Å². The van der Waals surface area contributed by atoms with Gasteiger partial charge in [-0.2, -0.15) is 9.99 Å². The van der Waals surface area contributed by atoms with Crippen LogP contribution in [-0.4, -0.2) is 57.7 Å². The topological polar surface area (TPSA) is 113 Å². The Morgan fingerprint density at radius 2 is 1.71 bits per heavy atom. The van der Waals surface area contributed by atoms with E-state index in [2.05, 4.69) is 20.2 Å². The first kappa shape index (κ1) is 20.4. The molecule has 3 aromatic rings. The maximum absolute atomic E-state index is 12.3. The van der Waals surface area contributed by atoms with Crippen molar-refractivity contribution in [3.63, 3.8) is 0 Å². The third kappa shape index (κ3) is 3.47. The van der Waals surface area contributed by atoms with E-state index >= 15 is 0 Å². The number of aromatic nitrogens is 4. The molecule has 31 heavy (non-hydrogen) atoms. The minimum atomic E-state index is -0.937. The number of amides is 1. The summed E-state index contributed by atoms with van der Waals surface area (Å²) in [6, 6.07) is 5.27. The van der Waals surface area contributed by atoms with Gasteiger partial charge in [0.15, 0.2) is 11.5 Å². The molecule has 0 bridgehead atoms. The number of nitrogens with zero attached hydrogens (tertiary/aromatic N) is 6. The molecule has 1 aliphatic rings. The summed E-state index contributed by atoms with van der Waals surface area (Å²) in [6.45, 7) is 5.17. The van der Waals surface area contributed by atoms with Crippen LogP contribution in [-0.2, 0) is 9.53 Å². The summed E-state index contributed by atoms with van der Waals surface area (Å²) >= 11 is 0. The van der Waals surface area contributed by atoms with Crippen LogP contribution in [0, 0.1) is 13.8 Å². The van der Waals surface area contributed by atoms with Crippen LogP contribution in [0.1, 0.15) is 35.9 Å². The van der Waals surface area contributed by atoms with E-state index in [1.165, 1.54) is 33.3 Å². The highest BCUT2D eigenvalue weighted by Crippen LogP contribution is 2.40. The fourth-order valence-electron chi connectivity index (χ4n) is 3.34. The molecule has 4 rings (SSSR count). The van der Waals surface area contributed by atoms with Gasteiger partial charge in [0.1, 0.15) is 0 Å². The van der Waals surface area contributed by atoms with Gasteiger partial charge >= 0.3 is 0 Å². The van der Waals surface area contributed by atoms with E-state index in [4.69, 9.17) is 18.9 Å². The Morgan fingerprint density at radius 1 is 1.03 bits per heavy atom. The largest absolute Gasteiger partial charge is 0.493 e. The molecule has 0 saturated heterocycles. The minimum Gasteiger partial charge on any atom is -0.493 e. The van der Waals surface area contributed by atoms with Crippen LogP contribution in [0.25, 0.3) is 5.78 Å². The van der Waals surface area contributed by atoms with E-state index in [0.29, 0.717) is 28.6 Å². The Morgan fingerprint density at radius 3 is 2.29 bits per heavy atom. The maximum Gasteiger partial charge on any atom is 0.258 e. The SMILES string of the molecule is COc1cc(C2=NN(C(C)=O)[C@H](c3nc4nc(C)cc(C)n4n3)O2)cc(OC)c1OC. The maximum atomic E-state index is 12.3. The molecule has 11 heteroatoms. The molecule has 0 unspecified atom stereocenters. The van der Waals surface area contributed by atoms with Gasteiger partial charge < -0.3 is 18.9 Å². The van der Waals surface area contributed by atoms with Gasteiger partial charge in [-0.15, -0.1) is 10.2 Å². The molecule has 11 nitrogen and oxygen atoms in total. The van der Waals surface area contributed by atoms with Crippen molar-refractivity contribution in [1.29, 1.82) is 0 Å². The lowest BCUT2D eigenvalue weighted by atomic mass is 10.2. The smallest absolute Gasteiger partial charge is 0.258 e. The number of fused-ring (bicyclic) bond motifs is 1. The van der Waals surface area contributed by atoms with Crippen LogP contribution in [0.2, 0.25) is 0 Å². The van der Waals surface area contributed by atoms with Crippen molar-refractivity contribution in [2.75, 3.05) is 21.3 Å². The minimum absolute atomic E-state index is 0.194. The molecule has 0 N–H and O–H groups in total. The van der Waals surface area contributed by atoms with E-state index in [1.54, 1.807) is 16.6 Å². The number of rotatable bonds is 5. The van der Waals surface area contributed by atoms with Gasteiger partial charge in [0, 0.05) is 23.9 Å². The molecule has 1 aromatic carbocycles. The highest BCUT2D eigenvalue weighted by atomic mass is 16.5. The third-order valence-corrected chi connectivity index (χ3v) is 4.73. The monoisotopic (exact) mass is 426 g/mol. The lowest BCUT2D eigenvalue weighted by Gasteiger charge is -2.16. The summed E-state index contributed by atoms with van der Waals surface area (Å²) < 4.78 is 23.8.